The third-order valence-corrected chi connectivity index (χ3v) is 5.07. The molecule has 1 aromatic rings. The molecule has 0 unspecified atom stereocenters. The average Bonchev–Trinajstić information content (AvgIpc) is 2.79. The minimum atomic E-state index is -9.82. The molecule has 1 aromatic carbocycles. The van der Waals surface area contributed by atoms with Gasteiger partial charge in [0.15, 0.2) is 0 Å². The topological polar surface area (TPSA) is 37.3 Å². The van der Waals surface area contributed by atoms with Gasteiger partial charge in [0.1, 0.15) is 9.23 Å². The molecule has 114 valence electrons. The molecule has 0 heterocycles. The van der Waals surface area contributed by atoms with E-state index in [1.807, 2.05) is 0 Å². The first-order chi connectivity index (χ1) is 8.64. The van der Waals surface area contributed by atoms with E-state index in [4.69, 9.17) is 28.3 Å². The second kappa shape index (κ2) is 3.53. The van der Waals surface area contributed by atoms with E-state index in [1.165, 1.54) is 0 Å². The number of halogens is 7. The minimum Gasteiger partial charge on any atom is -0.481 e. The fourth-order valence-electron chi connectivity index (χ4n) is 2.00. The maximum atomic E-state index is 12.7. The van der Waals surface area contributed by atoms with Gasteiger partial charge in [-0.1, -0.05) is 54.8 Å². The molecule has 0 radical (unpaired) electrons. The van der Waals surface area contributed by atoms with Crippen LogP contribution in [0.15, 0.2) is 29.2 Å². The van der Waals surface area contributed by atoms with Crippen LogP contribution in [0, 0.1) is 5.92 Å². The van der Waals surface area contributed by atoms with Crippen molar-refractivity contribution < 1.29 is 29.3 Å². The average molecular weight is 357 g/mol. The van der Waals surface area contributed by atoms with Gasteiger partial charge in [-0.3, -0.25) is 4.79 Å². The smallest absolute Gasteiger partial charge is 0.310 e. The Hall–Kier alpha value is -0.730. The van der Waals surface area contributed by atoms with Crippen LogP contribution < -0.4 is 0 Å². The molecule has 1 N–H and O–H groups in total. The van der Waals surface area contributed by atoms with Crippen molar-refractivity contribution in [3.05, 3.63) is 29.8 Å². The van der Waals surface area contributed by atoms with Crippen LogP contribution in [0.2, 0.25) is 0 Å². The van der Waals surface area contributed by atoms with Crippen molar-refractivity contribution in [3.8, 4) is 0 Å². The van der Waals surface area contributed by atoms with Gasteiger partial charge in [0.25, 0.3) is 0 Å². The first-order valence-corrected chi connectivity index (χ1v) is 7.80. The van der Waals surface area contributed by atoms with Crippen molar-refractivity contribution in [3.63, 3.8) is 0 Å². The zero-order chi connectivity index (χ0) is 15.6. The number of alkyl halides is 2. The van der Waals surface area contributed by atoms with Crippen molar-refractivity contribution in [2.75, 3.05) is 0 Å². The summed E-state index contributed by atoms with van der Waals surface area (Å²) in [6.45, 7) is 0. The Morgan fingerprint density at radius 3 is 2.15 bits per heavy atom. The van der Waals surface area contributed by atoms with Crippen LogP contribution in [0.4, 0.5) is 19.4 Å². The molecule has 0 spiro atoms. The molecule has 1 aliphatic carbocycles. The van der Waals surface area contributed by atoms with E-state index < -0.39 is 37.3 Å². The molecule has 10 heteroatoms. The Balaban J connectivity index is 2.47. The molecule has 0 aliphatic heterocycles. The van der Waals surface area contributed by atoms with Gasteiger partial charge < -0.3 is 5.11 Å². The van der Waals surface area contributed by atoms with Crippen LogP contribution in [-0.4, -0.2) is 15.4 Å². The third kappa shape index (κ3) is 2.68. The highest BCUT2D eigenvalue weighted by atomic mass is 35.5. The number of carboxylic acids is 1. The third-order valence-electron chi connectivity index (χ3n) is 2.98. The Morgan fingerprint density at radius 1 is 1.20 bits per heavy atom. The predicted octanol–water partition coefficient (Wildman–Crippen LogP) is 5.32. The predicted molar refractivity (Wildman–Crippen MR) is 66.1 cm³/mol. The van der Waals surface area contributed by atoms with E-state index in [1.54, 1.807) is 0 Å². The largest absolute Gasteiger partial charge is 0.481 e. The lowest BCUT2D eigenvalue weighted by Crippen LogP contribution is -2.06. The zero-order valence-electron chi connectivity index (χ0n) is 9.37. The van der Waals surface area contributed by atoms with Gasteiger partial charge in [-0.25, -0.2) is 0 Å². The minimum absolute atomic E-state index is 0.203. The highest BCUT2D eigenvalue weighted by Crippen LogP contribution is 3.02. The molecule has 0 aromatic heterocycles. The fraction of sp³-hybridized carbons (Fsp3) is 0.300. The van der Waals surface area contributed by atoms with Crippen LogP contribution >= 0.6 is 33.4 Å². The summed E-state index contributed by atoms with van der Waals surface area (Å²) in [5.74, 6) is -3.90. The van der Waals surface area contributed by atoms with E-state index in [-0.39, 0.29) is 17.7 Å². The Bertz CT molecular complexity index is 601. The molecule has 20 heavy (non-hydrogen) atoms. The Morgan fingerprint density at radius 2 is 1.75 bits per heavy atom. The van der Waals surface area contributed by atoms with Gasteiger partial charge in [0.2, 0.25) is 0 Å². The lowest BCUT2D eigenvalue weighted by Gasteiger charge is -2.40. The highest BCUT2D eigenvalue weighted by Gasteiger charge is 2.69. The molecule has 0 saturated heterocycles. The quantitative estimate of drug-likeness (QED) is 0.588. The van der Waals surface area contributed by atoms with Crippen LogP contribution in [0.5, 0.6) is 0 Å². The van der Waals surface area contributed by atoms with Gasteiger partial charge in [0, 0.05) is 5.92 Å². The maximum Gasteiger partial charge on any atom is 0.310 e. The summed E-state index contributed by atoms with van der Waals surface area (Å²) in [6, 6.07) is 2.28. The first-order valence-electron chi connectivity index (χ1n) is 5.09. The molecule has 2 nitrogen and oxygen atoms in total. The summed E-state index contributed by atoms with van der Waals surface area (Å²) in [5.41, 5.74) is -0.284. The summed E-state index contributed by atoms with van der Waals surface area (Å²) in [6.07, 6.45) is 0. The van der Waals surface area contributed by atoms with Crippen molar-refractivity contribution in [2.24, 2.45) is 5.92 Å². The molecule has 1 aliphatic rings. The zero-order valence-corrected chi connectivity index (χ0v) is 11.7. The summed E-state index contributed by atoms with van der Waals surface area (Å²) >= 11 is 11.3. The van der Waals surface area contributed by atoms with Gasteiger partial charge in [0.05, 0.1) is 5.92 Å². The number of hydrogen-bond donors (Lipinski definition) is 1. The summed E-state index contributed by atoms with van der Waals surface area (Å²) in [7, 11) is -9.82. The Kier molecular flexibility index (Phi) is 2.77. The highest BCUT2D eigenvalue weighted by molar-refractivity contribution is 8.45. The van der Waals surface area contributed by atoms with Crippen LogP contribution in [0.3, 0.4) is 0 Å². The number of benzene rings is 1. The second-order valence-corrected chi connectivity index (χ2v) is 8.36. The molecule has 1 fully saturated rings. The monoisotopic (exact) mass is 356 g/mol. The second-order valence-electron chi connectivity index (χ2n) is 4.51. The standard InChI is InChI=1S/C10H7Cl2F5O2S/c11-10(12)7(8(10)9(18)19)5-2-1-3-6(4-5)20(13,14,15,16)17/h1-4,7-8H,(H,18,19)/t7-,8+/m0/s1. The van der Waals surface area contributed by atoms with Crippen LogP contribution in [0.25, 0.3) is 0 Å². The first kappa shape index (κ1) is 15.7. The lowest BCUT2D eigenvalue weighted by molar-refractivity contribution is -0.138. The van der Waals surface area contributed by atoms with Gasteiger partial charge in [-0.2, -0.15) is 0 Å². The maximum absolute atomic E-state index is 12.7. The van der Waals surface area contributed by atoms with Crippen molar-refractivity contribution >= 4 is 39.4 Å². The van der Waals surface area contributed by atoms with Crippen LogP contribution in [0.1, 0.15) is 11.5 Å². The lowest BCUT2D eigenvalue weighted by atomic mass is 10.1. The molecular formula is C10H7Cl2F5O2S. The normalized spacial score (nSPS) is 28.4. The van der Waals surface area contributed by atoms with E-state index in [0.29, 0.717) is 0 Å². The van der Waals surface area contributed by atoms with E-state index >= 15 is 0 Å². The Labute approximate surface area is 120 Å². The van der Waals surface area contributed by atoms with E-state index in [2.05, 4.69) is 0 Å². The SMILES string of the molecule is O=C(O)[C@H]1[C@H](c2cccc(S(F)(F)(F)(F)F)c2)C1(Cl)Cl. The van der Waals surface area contributed by atoms with Crippen molar-refractivity contribution in [1.82, 2.24) is 0 Å². The summed E-state index contributed by atoms with van der Waals surface area (Å²) in [5, 5.41) is 8.82. The summed E-state index contributed by atoms with van der Waals surface area (Å²) < 4.78 is 61.6. The molecule has 0 amide bonds. The molecule has 2 rings (SSSR count). The van der Waals surface area contributed by atoms with E-state index in [9.17, 15) is 24.2 Å². The molecular weight excluding hydrogens is 350 g/mol. The van der Waals surface area contributed by atoms with Crippen molar-refractivity contribution in [2.45, 2.75) is 15.1 Å². The summed E-state index contributed by atoms with van der Waals surface area (Å²) in [4.78, 5) is 8.74. The van der Waals surface area contributed by atoms with Crippen molar-refractivity contribution in [1.29, 1.82) is 0 Å². The molecule has 2 atom stereocenters. The number of carboxylic acid groups (broad SMARTS) is 1. The van der Waals surface area contributed by atoms with Gasteiger partial charge >= 0.3 is 16.2 Å². The van der Waals surface area contributed by atoms with Gasteiger partial charge in [-0.15, -0.1) is 0 Å². The number of rotatable bonds is 3. The van der Waals surface area contributed by atoms with Crippen LogP contribution in [-0.2, 0) is 4.79 Å². The molecule has 1 saturated carbocycles. The number of hydrogen-bond acceptors (Lipinski definition) is 1. The number of carbonyl (C=O) groups is 1. The fourth-order valence-corrected chi connectivity index (χ4v) is 3.51. The molecule has 0 bridgehead atoms. The van der Waals surface area contributed by atoms with Gasteiger partial charge in [-0.05, 0) is 17.7 Å². The van der Waals surface area contributed by atoms with E-state index in [0.717, 1.165) is 12.1 Å². The number of aliphatic carboxylic acids is 1.